The SMILES string of the molecule is CCCC(O)/C=C/C=C/OC. The molecule has 2 heteroatoms. The van der Waals surface area contributed by atoms with Crippen LogP contribution in [0.1, 0.15) is 19.8 Å². The van der Waals surface area contributed by atoms with Gasteiger partial charge in [-0.25, -0.2) is 0 Å². The minimum atomic E-state index is -0.318. The highest BCUT2D eigenvalue weighted by Gasteiger charge is 1.92. The lowest BCUT2D eigenvalue weighted by atomic mass is 10.2. The van der Waals surface area contributed by atoms with Crippen molar-refractivity contribution >= 4 is 0 Å². The Balaban J connectivity index is 3.47. The minimum absolute atomic E-state index is 0.318. The molecule has 0 radical (unpaired) electrons. The zero-order valence-corrected chi connectivity index (χ0v) is 7.16. The molecule has 0 fully saturated rings. The van der Waals surface area contributed by atoms with Gasteiger partial charge in [0, 0.05) is 0 Å². The van der Waals surface area contributed by atoms with Gasteiger partial charge in [-0.15, -0.1) is 0 Å². The van der Waals surface area contributed by atoms with E-state index in [-0.39, 0.29) is 6.10 Å². The number of rotatable bonds is 5. The molecule has 0 amide bonds. The van der Waals surface area contributed by atoms with Gasteiger partial charge in [-0.2, -0.15) is 0 Å². The zero-order chi connectivity index (χ0) is 8.53. The van der Waals surface area contributed by atoms with Crippen LogP contribution in [0.3, 0.4) is 0 Å². The van der Waals surface area contributed by atoms with E-state index < -0.39 is 0 Å². The molecule has 0 aromatic carbocycles. The van der Waals surface area contributed by atoms with Crippen LogP contribution >= 0.6 is 0 Å². The Morgan fingerprint density at radius 3 is 2.73 bits per heavy atom. The van der Waals surface area contributed by atoms with E-state index in [9.17, 15) is 5.11 Å². The average molecular weight is 156 g/mol. The second-order valence-electron chi connectivity index (χ2n) is 2.31. The highest BCUT2D eigenvalue weighted by molar-refractivity contribution is 5.02. The maximum atomic E-state index is 9.19. The quantitative estimate of drug-likeness (QED) is 0.486. The Morgan fingerprint density at radius 2 is 2.18 bits per heavy atom. The van der Waals surface area contributed by atoms with Crippen LogP contribution in [0.5, 0.6) is 0 Å². The summed E-state index contributed by atoms with van der Waals surface area (Å²) in [6.07, 6.45) is 8.34. The van der Waals surface area contributed by atoms with Gasteiger partial charge in [0.15, 0.2) is 0 Å². The summed E-state index contributed by atoms with van der Waals surface area (Å²) in [5.41, 5.74) is 0. The van der Waals surface area contributed by atoms with E-state index in [2.05, 4.69) is 4.74 Å². The fraction of sp³-hybridized carbons (Fsp3) is 0.556. The monoisotopic (exact) mass is 156 g/mol. The Kier molecular flexibility index (Phi) is 6.84. The van der Waals surface area contributed by atoms with Crippen molar-refractivity contribution in [2.75, 3.05) is 7.11 Å². The fourth-order valence-corrected chi connectivity index (χ4v) is 0.708. The van der Waals surface area contributed by atoms with Crippen molar-refractivity contribution < 1.29 is 9.84 Å². The van der Waals surface area contributed by atoms with Gasteiger partial charge in [0.05, 0.1) is 19.5 Å². The molecule has 0 aliphatic rings. The van der Waals surface area contributed by atoms with E-state index in [1.165, 1.54) is 0 Å². The normalized spacial score (nSPS) is 14.5. The molecular weight excluding hydrogens is 140 g/mol. The van der Waals surface area contributed by atoms with Crippen molar-refractivity contribution in [3.05, 3.63) is 24.5 Å². The van der Waals surface area contributed by atoms with Crippen molar-refractivity contribution in [3.8, 4) is 0 Å². The number of hydrogen-bond acceptors (Lipinski definition) is 2. The standard InChI is InChI=1S/C9H16O2/c1-3-6-9(10)7-4-5-8-11-2/h4-5,7-10H,3,6H2,1-2H3/b7-4+,8-5+. The zero-order valence-electron chi connectivity index (χ0n) is 7.16. The van der Waals surface area contributed by atoms with Gasteiger partial charge in [-0.1, -0.05) is 25.5 Å². The summed E-state index contributed by atoms with van der Waals surface area (Å²) in [6, 6.07) is 0. The third-order valence-electron chi connectivity index (χ3n) is 1.24. The number of hydrogen-bond donors (Lipinski definition) is 1. The van der Waals surface area contributed by atoms with Gasteiger partial charge < -0.3 is 9.84 Å². The highest BCUT2D eigenvalue weighted by Crippen LogP contribution is 1.97. The number of methoxy groups -OCH3 is 1. The molecule has 1 N–H and O–H groups in total. The summed E-state index contributed by atoms with van der Waals surface area (Å²) in [6.45, 7) is 2.04. The molecule has 0 heterocycles. The van der Waals surface area contributed by atoms with Gasteiger partial charge in [-0.05, 0) is 12.5 Å². The molecule has 0 aromatic rings. The van der Waals surface area contributed by atoms with Crippen LogP contribution < -0.4 is 0 Å². The van der Waals surface area contributed by atoms with Crippen molar-refractivity contribution in [2.24, 2.45) is 0 Å². The molecule has 2 nitrogen and oxygen atoms in total. The molecule has 0 bridgehead atoms. The van der Waals surface area contributed by atoms with Crippen LogP contribution in [0.25, 0.3) is 0 Å². The van der Waals surface area contributed by atoms with Crippen molar-refractivity contribution in [1.82, 2.24) is 0 Å². The molecule has 0 aromatic heterocycles. The van der Waals surface area contributed by atoms with Crippen LogP contribution in [-0.4, -0.2) is 18.3 Å². The van der Waals surface area contributed by atoms with Gasteiger partial charge in [-0.3, -0.25) is 0 Å². The Hall–Kier alpha value is -0.760. The molecule has 0 aliphatic heterocycles. The van der Waals surface area contributed by atoms with Crippen LogP contribution in [0.4, 0.5) is 0 Å². The van der Waals surface area contributed by atoms with Crippen molar-refractivity contribution in [1.29, 1.82) is 0 Å². The third-order valence-corrected chi connectivity index (χ3v) is 1.24. The summed E-state index contributed by atoms with van der Waals surface area (Å²) >= 11 is 0. The molecule has 0 spiro atoms. The van der Waals surface area contributed by atoms with Gasteiger partial charge in [0.2, 0.25) is 0 Å². The lowest BCUT2D eigenvalue weighted by molar-refractivity contribution is 0.211. The van der Waals surface area contributed by atoms with E-state index in [0.717, 1.165) is 12.8 Å². The largest absolute Gasteiger partial charge is 0.504 e. The summed E-state index contributed by atoms with van der Waals surface area (Å²) in [7, 11) is 1.59. The molecule has 0 rings (SSSR count). The first-order valence-electron chi connectivity index (χ1n) is 3.85. The molecule has 11 heavy (non-hydrogen) atoms. The van der Waals surface area contributed by atoms with Gasteiger partial charge in [0.25, 0.3) is 0 Å². The second-order valence-corrected chi connectivity index (χ2v) is 2.31. The van der Waals surface area contributed by atoms with Crippen LogP contribution in [0.15, 0.2) is 24.5 Å². The Bertz CT molecular complexity index is 128. The summed E-state index contributed by atoms with van der Waals surface area (Å²) in [5.74, 6) is 0. The molecule has 0 saturated carbocycles. The fourth-order valence-electron chi connectivity index (χ4n) is 0.708. The summed E-state index contributed by atoms with van der Waals surface area (Å²) in [5, 5.41) is 9.19. The van der Waals surface area contributed by atoms with E-state index >= 15 is 0 Å². The first-order chi connectivity index (χ1) is 5.31. The van der Waals surface area contributed by atoms with Crippen LogP contribution in [-0.2, 0) is 4.74 Å². The number of aliphatic hydroxyl groups excluding tert-OH is 1. The first kappa shape index (κ1) is 10.2. The smallest absolute Gasteiger partial charge is 0.0824 e. The summed E-state index contributed by atoms with van der Waals surface area (Å²) < 4.78 is 4.67. The van der Waals surface area contributed by atoms with Crippen LogP contribution in [0, 0.1) is 0 Å². The van der Waals surface area contributed by atoms with Crippen LogP contribution in [0.2, 0.25) is 0 Å². The maximum absolute atomic E-state index is 9.19. The lowest BCUT2D eigenvalue weighted by Gasteiger charge is -1.99. The Labute approximate surface area is 68.2 Å². The predicted octanol–water partition coefficient (Wildman–Crippen LogP) is 1.86. The molecule has 1 unspecified atom stereocenters. The molecule has 64 valence electrons. The molecular formula is C9H16O2. The number of allylic oxidation sites excluding steroid dienone is 2. The van der Waals surface area contributed by atoms with E-state index in [4.69, 9.17) is 0 Å². The lowest BCUT2D eigenvalue weighted by Crippen LogP contribution is -1.99. The van der Waals surface area contributed by atoms with E-state index in [0.29, 0.717) is 0 Å². The molecule has 1 atom stereocenters. The van der Waals surface area contributed by atoms with E-state index in [1.807, 2.05) is 6.92 Å². The number of ether oxygens (including phenoxy) is 1. The molecule has 0 saturated heterocycles. The second kappa shape index (κ2) is 7.35. The van der Waals surface area contributed by atoms with Crippen molar-refractivity contribution in [2.45, 2.75) is 25.9 Å². The predicted molar refractivity (Wildman–Crippen MR) is 46.2 cm³/mol. The Morgan fingerprint density at radius 1 is 1.45 bits per heavy atom. The van der Waals surface area contributed by atoms with Gasteiger partial charge in [0.1, 0.15) is 0 Å². The summed E-state index contributed by atoms with van der Waals surface area (Å²) in [4.78, 5) is 0. The molecule has 0 aliphatic carbocycles. The first-order valence-corrected chi connectivity index (χ1v) is 3.85. The third kappa shape index (κ3) is 7.13. The highest BCUT2D eigenvalue weighted by atomic mass is 16.5. The topological polar surface area (TPSA) is 29.5 Å². The number of aliphatic hydroxyl groups is 1. The van der Waals surface area contributed by atoms with E-state index in [1.54, 1.807) is 31.6 Å². The average Bonchev–Trinajstić information content (AvgIpc) is 1.99. The van der Waals surface area contributed by atoms with Crippen molar-refractivity contribution in [3.63, 3.8) is 0 Å². The minimum Gasteiger partial charge on any atom is -0.504 e. The van der Waals surface area contributed by atoms with Gasteiger partial charge >= 0.3 is 0 Å². The maximum Gasteiger partial charge on any atom is 0.0824 e.